The standard InChI is InChI=1S/C7H13ClN2O2/c1-2-10-6(11)4-3-5(9)7(8)12/h5H,2-4,9H2,1H3,(H,10,11)/t5-/m0/s1. The number of amides is 1. The Labute approximate surface area is 76.4 Å². The molecular weight excluding hydrogens is 180 g/mol. The fourth-order valence-corrected chi connectivity index (χ4v) is 0.795. The maximum absolute atomic E-state index is 10.8. The number of nitrogens with one attached hydrogen (secondary N) is 1. The predicted octanol–water partition coefficient (Wildman–Crippen LogP) is -0.00460. The van der Waals surface area contributed by atoms with Crippen LogP contribution >= 0.6 is 11.6 Å². The molecule has 0 spiro atoms. The van der Waals surface area contributed by atoms with Gasteiger partial charge in [-0.15, -0.1) is 0 Å². The number of hydrogen-bond acceptors (Lipinski definition) is 3. The molecule has 0 aliphatic heterocycles. The highest BCUT2D eigenvalue weighted by atomic mass is 35.5. The molecule has 0 aromatic rings. The summed E-state index contributed by atoms with van der Waals surface area (Å²) in [6.07, 6.45) is 0.543. The molecule has 0 aliphatic rings. The van der Waals surface area contributed by atoms with Gasteiger partial charge in [-0.3, -0.25) is 9.59 Å². The van der Waals surface area contributed by atoms with Gasteiger partial charge in [0.05, 0.1) is 6.04 Å². The summed E-state index contributed by atoms with van der Waals surface area (Å²) in [6.45, 7) is 2.41. The molecule has 5 heteroatoms. The monoisotopic (exact) mass is 192 g/mol. The Balaban J connectivity index is 3.54. The highest BCUT2D eigenvalue weighted by Gasteiger charge is 2.11. The number of hydrogen-bond donors (Lipinski definition) is 2. The third-order valence-corrected chi connectivity index (χ3v) is 1.63. The van der Waals surface area contributed by atoms with Gasteiger partial charge in [-0.1, -0.05) is 0 Å². The van der Waals surface area contributed by atoms with Gasteiger partial charge in [0.25, 0.3) is 0 Å². The van der Waals surface area contributed by atoms with Crippen molar-refractivity contribution in [3.63, 3.8) is 0 Å². The second-order valence-electron chi connectivity index (χ2n) is 2.40. The summed E-state index contributed by atoms with van der Waals surface area (Å²) in [5.74, 6) is -0.106. The number of nitrogens with two attached hydrogens (primary N) is 1. The van der Waals surface area contributed by atoms with E-state index in [9.17, 15) is 9.59 Å². The second-order valence-corrected chi connectivity index (χ2v) is 2.78. The van der Waals surface area contributed by atoms with Gasteiger partial charge in [-0.2, -0.15) is 0 Å². The van der Waals surface area contributed by atoms with E-state index in [1.807, 2.05) is 6.92 Å². The van der Waals surface area contributed by atoms with Crippen molar-refractivity contribution >= 4 is 22.8 Å². The minimum absolute atomic E-state index is 0.106. The molecular formula is C7H13ClN2O2. The summed E-state index contributed by atoms with van der Waals surface area (Å²) >= 11 is 5.09. The van der Waals surface area contributed by atoms with E-state index in [0.29, 0.717) is 13.0 Å². The van der Waals surface area contributed by atoms with Gasteiger partial charge >= 0.3 is 0 Å². The lowest BCUT2D eigenvalue weighted by molar-refractivity contribution is -0.121. The average molecular weight is 193 g/mol. The van der Waals surface area contributed by atoms with Crippen molar-refractivity contribution in [2.45, 2.75) is 25.8 Å². The fourth-order valence-electron chi connectivity index (χ4n) is 0.686. The predicted molar refractivity (Wildman–Crippen MR) is 46.8 cm³/mol. The summed E-state index contributed by atoms with van der Waals surface area (Å²) in [5, 5.41) is 1.99. The molecule has 0 bridgehead atoms. The van der Waals surface area contributed by atoms with Crippen LogP contribution in [-0.4, -0.2) is 23.7 Å². The lowest BCUT2D eigenvalue weighted by atomic mass is 10.2. The molecule has 1 atom stereocenters. The zero-order chi connectivity index (χ0) is 9.56. The van der Waals surface area contributed by atoms with Crippen molar-refractivity contribution in [3.8, 4) is 0 Å². The van der Waals surface area contributed by atoms with E-state index in [-0.39, 0.29) is 12.3 Å². The normalized spacial score (nSPS) is 12.2. The lowest BCUT2D eigenvalue weighted by Gasteiger charge is -2.05. The number of carbonyl (C=O) groups excluding carboxylic acids is 2. The number of rotatable bonds is 5. The number of carbonyl (C=O) groups is 2. The van der Waals surface area contributed by atoms with Crippen LogP contribution in [0.5, 0.6) is 0 Å². The van der Waals surface area contributed by atoms with Gasteiger partial charge in [0, 0.05) is 13.0 Å². The Morgan fingerprint density at radius 2 is 2.17 bits per heavy atom. The van der Waals surface area contributed by atoms with E-state index in [4.69, 9.17) is 17.3 Å². The van der Waals surface area contributed by atoms with Crippen molar-refractivity contribution in [2.24, 2.45) is 5.73 Å². The van der Waals surface area contributed by atoms with Crippen molar-refractivity contribution in [1.29, 1.82) is 0 Å². The molecule has 0 rings (SSSR count). The molecule has 0 saturated carbocycles. The van der Waals surface area contributed by atoms with Crippen LogP contribution in [0.2, 0.25) is 0 Å². The second kappa shape index (κ2) is 5.97. The molecule has 0 aromatic heterocycles. The first-order chi connectivity index (χ1) is 5.57. The lowest BCUT2D eigenvalue weighted by Crippen LogP contribution is -2.30. The highest BCUT2D eigenvalue weighted by Crippen LogP contribution is 1.98. The first-order valence-electron chi connectivity index (χ1n) is 3.79. The van der Waals surface area contributed by atoms with Crippen LogP contribution in [0.1, 0.15) is 19.8 Å². The Bertz CT molecular complexity index is 173. The van der Waals surface area contributed by atoms with Gasteiger partial charge < -0.3 is 11.1 Å². The van der Waals surface area contributed by atoms with Crippen molar-refractivity contribution < 1.29 is 9.59 Å². The van der Waals surface area contributed by atoms with E-state index in [2.05, 4.69) is 5.32 Å². The first-order valence-corrected chi connectivity index (χ1v) is 4.17. The molecule has 0 heterocycles. The van der Waals surface area contributed by atoms with Crippen molar-refractivity contribution in [2.75, 3.05) is 6.54 Å². The molecule has 4 nitrogen and oxygen atoms in total. The largest absolute Gasteiger partial charge is 0.356 e. The zero-order valence-corrected chi connectivity index (χ0v) is 7.73. The van der Waals surface area contributed by atoms with Crippen LogP contribution in [0, 0.1) is 0 Å². The van der Waals surface area contributed by atoms with E-state index in [0.717, 1.165) is 0 Å². The van der Waals surface area contributed by atoms with Crippen LogP contribution in [0.4, 0.5) is 0 Å². The third kappa shape index (κ3) is 5.09. The Hall–Kier alpha value is -0.610. The summed E-state index contributed by atoms with van der Waals surface area (Å²) in [4.78, 5) is 21.3. The SMILES string of the molecule is CCNC(=O)CC[C@H](N)C(=O)Cl. The van der Waals surface area contributed by atoms with Crippen LogP contribution < -0.4 is 11.1 Å². The molecule has 12 heavy (non-hydrogen) atoms. The van der Waals surface area contributed by atoms with E-state index in [1.165, 1.54) is 0 Å². The maximum atomic E-state index is 10.8. The molecule has 0 aliphatic carbocycles. The average Bonchev–Trinajstić information content (AvgIpc) is 2.00. The molecule has 0 aromatic carbocycles. The zero-order valence-electron chi connectivity index (χ0n) is 6.97. The smallest absolute Gasteiger partial charge is 0.238 e. The minimum Gasteiger partial charge on any atom is -0.356 e. The molecule has 1 amide bonds. The Kier molecular flexibility index (Phi) is 5.66. The fraction of sp³-hybridized carbons (Fsp3) is 0.714. The number of halogens is 1. The summed E-state index contributed by atoms with van der Waals surface area (Å²) in [7, 11) is 0. The van der Waals surface area contributed by atoms with E-state index in [1.54, 1.807) is 0 Å². The molecule has 0 radical (unpaired) electrons. The first kappa shape index (κ1) is 11.4. The molecule has 0 unspecified atom stereocenters. The van der Waals surface area contributed by atoms with E-state index < -0.39 is 11.3 Å². The molecule has 70 valence electrons. The van der Waals surface area contributed by atoms with Gasteiger partial charge in [0.15, 0.2) is 0 Å². The van der Waals surface area contributed by atoms with Crippen LogP contribution in [-0.2, 0) is 9.59 Å². The molecule has 0 saturated heterocycles. The van der Waals surface area contributed by atoms with Crippen LogP contribution in [0.25, 0.3) is 0 Å². The highest BCUT2D eigenvalue weighted by molar-refractivity contribution is 6.64. The molecule has 3 N–H and O–H groups in total. The van der Waals surface area contributed by atoms with Gasteiger partial charge in [0.2, 0.25) is 11.1 Å². The van der Waals surface area contributed by atoms with Crippen molar-refractivity contribution in [3.05, 3.63) is 0 Å². The van der Waals surface area contributed by atoms with Crippen LogP contribution in [0.15, 0.2) is 0 Å². The summed E-state index contributed by atoms with van der Waals surface area (Å²) in [5.41, 5.74) is 5.30. The quantitative estimate of drug-likeness (QED) is 0.602. The summed E-state index contributed by atoms with van der Waals surface area (Å²) in [6, 6.07) is -0.728. The maximum Gasteiger partial charge on any atom is 0.238 e. The molecule has 0 fully saturated rings. The minimum atomic E-state index is -0.728. The third-order valence-electron chi connectivity index (χ3n) is 1.35. The van der Waals surface area contributed by atoms with Gasteiger partial charge in [-0.25, -0.2) is 0 Å². The van der Waals surface area contributed by atoms with Gasteiger partial charge in [0.1, 0.15) is 0 Å². The van der Waals surface area contributed by atoms with Crippen molar-refractivity contribution in [1.82, 2.24) is 5.32 Å². The Morgan fingerprint density at radius 3 is 2.58 bits per heavy atom. The van der Waals surface area contributed by atoms with Gasteiger partial charge in [-0.05, 0) is 24.9 Å². The van der Waals surface area contributed by atoms with E-state index >= 15 is 0 Å². The Morgan fingerprint density at radius 1 is 1.58 bits per heavy atom. The van der Waals surface area contributed by atoms with Crippen LogP contribution in [0.3, 0.4) is 0 Å². The topological polar surface area (TPSA) is 72.2 Å². The summed E-state index contributed by atoms with van der Waals surface area (Å²) < 4.78 is 0.